The predicted octanol–water partition coefficient (Wildman–Crippen LogP) is 5.30. The molecule has 0 spiro atoms. The highest BCUT2D eigenvalue weighted by molar-refractivity contribution is 4.68. The third-order valence-corrected chi connectivity index (χ3v) is 3.72. The van der Waals surface area contributed by atoms with E-state index in [0.29, 0.717) is 0 Å². The molecule has 0 atom stereocenters. The molecular formula is C16H35N. The van der Waals surface area contributed by atoms with E-state index >= 15 is 0 Å². The third-order valence-electron chi connectivity index (χ3n) is 3.72. The van der Waals surface area contributed by atoms with Crippen LogP contribution in [0.2, 0.25) is 0 Å². The fourth-order valence-electron chi connectivity index (χ4n) is 2.42. The highest BCUT2D eigenvalue weighted by Crippen LogP contribution is 2.16. The van der Waals surface area contributed by atoms with Crippen LogP contribution < -0.4 is 5.32 Å². The standard InChI is InChI=1S/C9H20.C7H15N/c1-3-5-7-9-8-6-4-2;1-8-7-5-3-2-4-6-7/h3-9H2,1-2H3;7-8H,2-6H2,1H3. The molecule has 1 saturated carbocycles. The molecule has 1 aliphatic carbocycles. The smallest absolute Gasteiger partial charge is 0.00640 e. The Morgan fingerprint density at radius 1 is 0.765 bits per heavy atom. The molecule has 1 rings (SSSR count). The fourth-order valence-corrected chi connectivity index (χ4v) is 2.42. The van der Waals surface area contributed by atoms with E-state index in [2.05, 4.69) is 26.2 Å². The van der Waals surface area contributed by atoms with Crippen LogP contribution in [0, 0.1) is 0 Å². The van der Waals surface area contributed by atoms with Gasteiger partial charge in [0, 0.05) is 6.04 Å². The summed E-state index contributed by atoms with van der Waals surface area (Å²) in [6, 6.07) is 0.837. The van der Waals surface area contributed by atoms with Crippen LogP contribution in [-0.2, 0) is 0 Å². The van der Waals surface area contributed by atoms with Crippen molar-refractivity contribution in [2.75, 3.05) is 7.05 Å². The Hall–Kier alpha value is -0.0400. The molecule has 1 aliphatic rings. The molecule has 0 bridgehead atoms. The zero-order valence-corrected chi connectivity index (χ0v) is 12.6. The Labute approximate surface area is 110 Å². The van der Waals surface area contributed by atoms with Crippen molar-refractivity contribution in [2.45, 2.75) is 96.9 Å². The molecule has 0 radical (unpaired) electrons. The van der Waals surface area contributed by atoms with Crippen LogP contribution >= 0.6 is 0 Å². The molecule has 0 unspecified atom stereocenters. The van der Waals surface area contributed by atoms with Gasteiger partial charge in [-0.3, -0.25) is 0 Å². The first-order chi connectivity index (χ1) is 8.35. The quantitative estimate of drug-likeness (QED) is 0.597. The number of nitrogens with one attached hydrogen (secondary N) is 1. The molecule has 0 aromatic heterocycles. The van der Waals surface area contributed by atoms with E-state index in [1.54, 1.807) is 0 Å². The van der Waals surface area contributed by atoms with Crippen LogP contribution in [0.25, 0.3) is 0 Å². The third kappa shape index (κ3) is 12.2. The van der Waals surface area contributed by atoms with Gasteiger partial charge < -0.3 is 5.32 Å². The van der Waals surface area contributed by atoms with Crippen LogP contribution in [0.5, 0.6) is 0 Å². The maximum atomic E-state index is 3.30. The van der Waals surface area contributed by atoms with Crippen LogP contribution in [0.15, 0.2) is 0 Å². The van der Waals surface area contributed by atoms with Crippen molar-refractivity contribution in [1.29, 1.82) is 0 Å². The van der Waals surface area contributed by atoms with Crippen LogP contribution in [0.4, 0.5) is 0 Å². The van der Waals surface area contributed by atoms with Gasteiger partial charge in [0.1, 0.15) is 0 Å². The molecule has 1 fully saturated rings. The topological polar surface area (TPSA) is 12.0 Å². The first-order valence-corrected chi connectivity index (χ1v) is 8.02. The molecule has 0 aromatic rings. The minimum absolute atomic E-state index is 0.837. The average Bonchev–Trinajstić information content (AvgIpc) is 2.40. The van der Waals surface area contributed by atoms with E-state index in [1.165, 1.54) is 77.0 Å². The highest BCUT2D eigenvalue weighted by Gasteiger charge is 2.09. The summed E-state index contributed by atoms with van der Waals surface area (Å²) < 4.78 is 0. The van der Waals surface area contributed by atoms with Crippen LogP contribution in [0.1, 0.15) is 90.9 Å². The lowest BCUT2D eigenvalue weighted by Gasteiger charge is -2.20. The van der Waals surface area contributed by atoms with Gasteiger partial charge in [0.2, 0.25) is 0 Å². The molecule has 1 heteroatoms. The van der Waals surface area contributed by atoms with Gasteiger partial charge in [0.15, 0.2) is 0 Å². The fraction of sp³-hybridized carbons (Fsp3) is 1.00. The monoisotopic (exact) mass is 241 g/mol. The number of rotatable bonds is 7. The van der Waals surface area contributed by atoms with Gasteiger partial charge in [-0.25, -0.2) is 0 Å². The maximum absolute atomic E-state index is 3.30. The van der Waals surface area contributed by atoms with Crippen molar-refractivity contribution < 1.29 is 0 Å². The van der Waals surface area contributed by atoms with Gasteiger partial charge in [-0.05, 0) is 19.9 Å². The minimum atomic E-state index is 0.837. The predicted molar refractivity (Wildman–Crippen MR) is 79.6 cm³/mol. The van der Waals surface area contributed by atoms with Crippen molar-refractivity contribution in [3.63, 3.8) is 0 Å². The largest absolute Gasteiger partial charge is 0.317 e. The Morgan fingerprint density at radius 3 is 1.59 bits per heavy atom. The second-order valence-electron chi connectivity index (χ2n) is 5.39. The molecule has 17 heavy (non-hydrogen) atoms. The van der Waals surface area contributed by atoms with E-state index in [4.69, 9.17) is 0 Å². The summed E-state index contributed by atoms with van der Waals surface area (Å²) in [7, 11) is 2.07. The second-order valence-corrected chi connectivity index (χ2v) is 5.39. The van der Waals surface area contributed by atoms with Gasteiger partial charge in [-0.1, -0.05) is 78.1 Å². The zero-order valence-electron chi connectivity index (χ0n) is 12.6. The van der Waals surface area contributed by atoms with Crippen LogP contribution in [-0.4, -0.2) is 13.1 Å². The molecule has 0 heterocycles. The van der Waals surface area contributed by atoms with E-state index in [1.807, 2.05) is 0 Å². The van der Waals surface area contributed by atoms with Gasteiger partial charge >= 0.3 is 0 Å². The second kappa shape index (κ2) is 14.0. The highest BCUT2D eigenvalue weighted by atomic mass is 14.9. The molecule has 0 aliphatic heterocycles. The first-order valence-electron chi connectivity index (χ1n) is 8.02. The summed E-state index contributed by atoms with van der Waals surface area (Å²) in [6.07, 6.45) is 17.1. The normalized spacial score (nSPS) is 16.4. The van der Waals surface area contributed by atoms with E-state index in [0.717, 1.165) is 6.04 Å². The van der Waals surface area contributed by atoms with Gasteiger partial charge in [-0.2, -0.15) is 0 Å². The van der Waals surface area contributed by atoms with Crippen molar-refractivity contribution in [3.8, 4) is 0 Å². The summed E-state index contributed by atoms with van der Waals surface area (Å²) >= 11 is 0. The van der Waals surface area contributed by atoms with E-state index in [-0.39, 0.29) is 0 Å². The summed E-state index contributed by atoms with van der Waals surface area (Å²) in [5.74, 6) is 0. The Bertz CT molecular complexity index is 121. The lowest BCUT2D eigenvalue weighted by Crippen LogP contribution is -2.26. The Balaban J connectivity index is 0.000000302. The Morgan fingerprint density at radius 2 is 1.24 bits per heavy atom. The average molecular weight is 241 g/mol. The number of hydrogen-bond donors (Lipinski definition) is 1. The molecule has 0 aromatic carbocycles. The Kier molecular flexibility index (Phi) is 14.0. The van der Waals surface area contributed by atoms with Gasteiger partial charge in [0.05, 0.1) is 0 Å². The van der Waals surface area contributed by atoms with Crippen molar-refractivity contribution in [3.05, 3.63) is 0 Å². The summed E-state index contributed by atoms with van der Waals surface area (Å²) in [4.78, 5) is 0. The summed E-state index contributed by atoms with van der Waals surface area (Å²) in [6.45, 7) is 4.53. The van der Waals surface area contributed by atoms with Crippen molar-refractivity contribution in [2.24, 2.45) is 0 Å². The molecule has 0 amide bonds. The van der Waals surface area contributed by atoms with Gasteiger partial charge in [-0.15, -0.1) is 0 Å². The SMILES string of the molecule is CCCCCCCCC.CNC1CCCCC1. The van der Waals surface area contributed by atoms with E-state index < -0.39 is 0 Å². The lowest BCUT2D eigenvalue weighted by atomic mass is 9.96. The van der Waals surface area contributed by atoms with Crippen molar-refractivity contribution in [1.82, 2.24) is 5.32 Å². The summed E-state index contributed by atoms with van der Waals surface area (Å²) in [5, 5.41) is 3.30. The molecule has 104 valence electrons. The van der Waals surface area contributed by atoms with Crippen LogP contribution in [0.3, 0.4) is 0 Å². The van der Waals surface area contributed by atoms with Crippen molar-refractivity contribution >= 4 is 0 Å². The first kappa shape index (κ1) is 17.0. The summed E-state index contributed by atoms with van der Waals surface area (Å²) in [5.41, 5.74) is 0. The lowest BCUT2D eigenvalue weighted by molar-refractivity contribution is 0.394. The molecule has 0 saturated heterocycles. The minimum Gasteiger partial charge on any atom is -0.317 e. The zero-order chi connectivity index (χ0) is 12.8. The van der Waals surface area contributed by atoms with E-state index in [9.17, 15) is 0 Å². The maximum Gasteiger partial charge on any atom is 0.00640 e. The molecule has 1 N–H and O–H groups in total. The molecular weight excluding hydrogens is 206 g/mol. The molecule has 1 nitrogen and oxygen atoms in total. The van der Waals surface area contributed by atoms with Gasteiger partial charge in [0.25, 0.3) is 0 Å². The number of hydrogen-bond acceptors (Lipinski definition) is 1. The number of unbranched alkanes of at least 4 members (excludes halogenated alkanes) is 6.